The van der Waals surface area contributed by atoms with Crippen molar-refractivity contribution in [2.24, 2.45) is 11.7 Å². The molecule has 1 rings (SSSR count). The number of ether oxygens (including phenoxy) is 1. The smallest absolute Gasteiger partial charge is 0.251 e. The van der Waals surface area contributed by atoms with Crippen LogP contribution in [0.4, 0.5) is 0 Å². The van der Waals surface area contributed by atoms with Gasteiger partial charge in [-0.3, -0.25) is 4.79 Å². The largest absolute Gasteiger partial charge is 0.364 e. The van der Waals surface area contributed by atoms with Crippen LogP contribution in [-0.4, -0.2) is 42.6 Å². The van der Waals surface area contributed by atoms with Gasteiger partial charge >= 0.3 is 0 Å². The fraction of sp³-hybridized carbons (Fsp3) is 0.923. The highest BCUT2D eigenvalue weighted by molar-refractivity contribution is 5.85. The van der Waals surface area contributed by atoms with Gasteiger partial charge < -0.3 is 15.4 Å². The van der Waals surface area contributed by atoms with Crippen molar-refractivity contribution in [2.45, 2.75) is 52.2 Å². The predicted octanol–water partition coefficient (Wildman–Crippen LogP) is 1.81. The van der Waals surface area contributed by atoms with Crippen LogP contribution >= 0.6 is 12.4 Å². The average molecular weight is 279 g/mol. The zero-order valence-corrected chi connectivity index (χ0v) is 12.5. The third-order valence-corrected chi connectivity index (χ3v) is 3.57. The maximum absolute atomic E-state index is 12.2. The Morgan fingerprint density at radius 1 is 1.44 bits per heavy atom. The molecule has 3 atom stereocenters. The van der Waals surface area contributed by atoms with Crippen LogP contribution < -0.4 is 5.73 Å². The monoisotopic (exact) mass is 278 g/mol. The molecule has 0 saturated carbocycles. The van der Waals surface area contributed by atoms with Crippen LogP contribution in [0.2, 0.25) is 0 Å². The first-order valence-electron chi connectivity index (χ1n) is 6.76. The Hall–Kier alpha value is -0.320. The Labute approximate surface area is 117 Å². The SMILES string of the molecule is CCC(C)CN(CC)C(=O)[C@@H]1CC[C@H](CN)O1.Cl. The molecule has 1 heterocycles. The summed E-state index contributed by atoms with van der Waals surface area (Å²) in [5.41, 5.74) is 5.56. The van der Waals surface area contributed by atoms with Crippen molar-refractivity contribution in [1.29, 1.82) is 0 Å². The summed E-state index contributed by atoms with van der Waals surface area (Å²) in [5.74, 6) is 0.689. The molecule has 0 aliphatic carbocycles. The molecule has 1 fully saturated rings. The number of nitrogens with zero attached hydrogens (tertiary/aromatic N) is 1. The van der Waals surface area contributed by atoms with E-state index in [2.05, 4.69) is 13.8 Å². The van der Waals surface area contributed by atoms with Crippen molar-refractivity contribution in [3.63, 3.8) is 0 Å². The summed E-state index contributed by atoms with van der Waals surface area (Å²) in [5, 5.41) is 0. The summed E-state index contributed by atoms with van der Waals surface area (Å²) >= 11 is 0. The highest BCUT2D eigenvalue weighted by Gasteiger charge is 2.32. The van der Waals surface area contributed by atoms with Gasteiger partial charge in [-0.1, -0.05) is 20.3 Å². The van der Waals surface area contributed by atoms with Gasteiger partial charge in [-0.15, -0.1) is 12.4 Å². The van der Waals surface area contributed by atoms with Gasteiger partial charge in [-0.25, -0.2) is 0 Å². The number of carbonyl (C=O) groups is 1. The first-order chi connectivity index (χ1) is 8.12. The van der Waals surface area contributed by atoms with Gasteiger partial charge in [0.05, 0.1) is 6.10 Å². The maximum Gasteiger partial charge on any atom is 0.251 e. The summed E-state index contributed by atoms with van der Waals surface area (Å²) in [6.07, 6.45) is 2.64. The molecule has 108 valence electrons. The van der Waals surface area contributed by atoms with E-state index in [-0.39, 0.29) is 30.5 Å². The van der Waals surface area contributed by atoms with Crippen LogP contribution in [0.5, 0.6) is 0 Å². The highest BCUT2D eigenvalue weighted by atomic mass is 35.5. The number of halogens is 1. The van der Waals surface area contributed by atoms with Gasteiger partial charge in [-0.2, -0.15) is 0 Å². The number of hydrogen-bond donors (Lipinski definition) is 1. The minimum atomic E-state index is -0.257. The molecule has 0 aromatic heterocycles. The molecule has 1 saturated heterocycles. The Morgan fingerprint density at radius 2 is 2.11 bits per heavy atom. The summed E-state index contributed by atoms with van der Waals surface area (Å²) in [7, 11) is 0. The first-order valence-corrected chi connectivity index (χ1v) is 6.76. The van der Waals surface area contributed by atoms with Gasteiger partial charge in [0.2, 0.25) is 0 Å². The summed E-state index contributed by atoms with van der Waals surface area (Å²) in [6.45, 7) is 8.46. The Bertz CT molecular complexity index is 251. The molecular weight excluding hydrogens is 252 g/mol. The van der Waals surface area contributed by atoms with E-state index >= 15 is 0 Å². The van der Waals surface area contributed by atoms with Crippen molar-refractivity contribution < 1.29 is 9.53 Å². The quantitative estimate of drug-likeness (QED) is 0.806. The molecule has 0 bridgehead atoms. The van der Waals surface area contributed by atoms with E-state index in [1.807, 2.05) is 11.8 Å². The molecule has 0 radical (unpaired) electrons. The minimum Gasteiger partial charge on any atom is -0.364 e. The van der Waals surface area contributed by atoms with Crippen LogP contribution in [0.3, 0.4) is 0 Å². The van der Waals surface area contributed by atoms with Crippen molar-refractivity contribution in [3.05, 3.63) is 0 Å². The van der Waals surface area contributed by atoms with E-state index in [4.69, 9.17) is 10.5 Å². The van der Waals surface area contributed by atoms with Crippen LogP contribution in [0.1, 0.15) is 40.0 Å². The summed E-state index contributed by atoms with van der Waals surface area (Å²) in [6, 6.07) is 0. The van der Waals surface area contributed by atoms with E-state index < -0.39 is 0 Å². The predicted molar refractivity (Wildman–Crippen MR) is 75.9 cm³/mol. The van der Waals surface area contributed by atoms with Crippen molar-refractivity contribution in [2.75, 3.05) is 19.6 Å². The number of nitrogens with two attached hydrogens (primary N) is 1. The standard InChI is InChI=1S/C13H26N2O2.ClH/c1-4-10(3)9-15(5-2)13(16)12-7-6-11(8-14)17-12;/h10-12H,4-9,14H2,1-3H3;1H/t10?,11-,12+;/m1./s1. The topological polar surface area (TPSA) is 55.6 Å². The maximum atomic E-state index is 12.2. The molecule has 2 N–H and O–H groups in total. The van der Waals surface area contributed by atoms with Gasteiger partial charge in [0.15, 0.2) is 0 Å². The van der Waals surface area contributed by atoms with Crippen molar-refractivity contribution in [1.82, 2.24) is 4.90 Å². The van der Waals surface area contributed by atoms with E-state index in [0.717, 1.165) is 32.4 Å². The number of carbonyl (C=O) groups excluding carboxylic acids is 1. The highest BCUT2D eigenvalue weighted by Crippen LogP contribution is 2.21. The molecule has 0 spiro atoms. The lowest BCUT2D eigenvalue weighted by atomic mass is 10.1. The fourth-order valence-corrected chi connectivity index (χ4v) is 2.14. The summed E-state index contributed by atoms with van der Waals surface area (Å²) < 4.78 is 5.65. The van der Waals surface area contributed by atoms with Gasteiger partial charge in [0.1, 0.15) is 6.10 Å². The second-order valence-electron chi connectivity index (χ2n) is 4.95. The van der Waals surface area contributed by atoms with Crippen LogP contribution in [0, 0.1) is 5.92 Å². The number of amides is 1. The van der Waals surface area contributed by atoms with E-state index in [1.165, 1.54) is 0 Å². The molecular formula is C13H27ClN2O2. The van der Waals surface area contributed by atoms with Crippen LogP contribution in [-0.2, 0) is 9.53 Å². The molecule has 5 heteroatoms. The van der Waals surface area contributed by atoms with Crippen LogP contribution in [0.25, 0.3) is 0 Å². The van der Waals surface area contributed by atoms with E-state index in [0.29, 0.717) is 12.5 Å². The lowest BCUT2D eigenvalue weighted by Gasteiger charge is -2.26. The average Bonchev–Trinajstić information content (AvgIpc) is 2.83. The zero-order chi connectivity index (χ0) is 12.8. The van der Waals surface area contributed by atoms with Crippen LogP contribution in [0.15, 0.2) is 0 Å². The second kappa shape index (κ2) is 8.73. The lowest BCUT2D eigenvalue weighted by molar-refractivity contribution is -0.143. The number of rotatable bonds is 6. The van der Waals surface area contributed by atoms with Crippen molar-refractivity contribution >= 4 is 18.3 Å². The summed E-state index contributed by atoms with van der Waals surface area (Å²) in [4.78, 5) is 14.2. The molecule has 1 aliphatic rings. The fourth-order valence-electron chi connectivity index (χ4n) is 2.14. The second-order valence-corrected chi connectivity index (χ2v) is 4.95. The van der Waals surface area contributed by atoms with Gasteiger partial charge in [-0.05, 0) is 25.7 Å². The molecule has 1 aliphatic heterocycles. The molecule has 18 heavy (non-hydrogen) atoms. The van der Waals surface area contributed by atoms with Crippen molar-refractivity contribution in [3.8, 4) is 0 Å². The number of hydrogen-bond acceptors (Lipinski definition) is 3. The van der Waals surface area contributed by atoms with Gasteiger partial charge in [0, 0.05) is 19.6 Å². The Morgan fingerprint density at radius 3 is 2.56 bits per heavy atom. The molecule has 0 aromatic rings. The molecule has 0 aromatic carbocycles. The minimum absolute atomic E-state index is 0. The van der Waals surface area contributed by atoms with E-state index in [1.54, 1.807) is 0 Å². The third kappa shape index (κ3) is 4.75. The zero-order valence-electron chi connectivity index (χ0n) is 11.7. The normalized spacial score (nSPS) is 24.4. The molecule has 4 nitrogen and oxygen atoms in total. The van der Waals surface area contributed by atoms with Gasteiger partial charge in [0.25, 0.3) is 5.91 Å². The first kappa shape index (κ1) is 17.7. The Kier molecular flexibility index (Phi) is 8.57. The lowest BCUT2D eigenvalue weighted by Crippen LogP contribution is -2.41. The molecule has 1 amide bonds. The third-order valence-electron chi connectivity index (χ3n) is 3.57. The number of likely N-dealkylation sites (N-methyl/N-ethyl adjacent to an activating group) is 1. The molecule has 1 unspecified atom stereocenters. The Balaban J connectivity index is 0.00000289. The van der Waals surface area contributed by atoms with E-state index in [9.17, 15) is 4.79 Å².